The van der Waals surface area contributed by atoms with E-state index in [1.165, 1.54) is 0 Å². The molecule has 1 unspecified atom stereocenters. The molecule has 3 N–H and O–H groups in total. The Morgan fingerprint density at radius 3 is 2.00 bits per heavy atom. The molecule has 0 saturated heterocycles. The Hall–Kier alpha value is -0.570. The molecule has 0 heterocycles. The van der Waals surface area contributed by atoms with Gasteiger partial charge in [-0.1, -0.05) is 20.8 Å². The van der Waals surface area contributed by atoms with Crippen molar-refractivity contribution < 1.29 is 0 Å². The van der Waals surface area contributed by atoms with Gasteiger partial charge < -0.3 is 5.73 Å². The molecule has 0 bridgehead atoms. The number of amidine groups is 1. The zero-order chi connectivity index (χ0) is 11.3. The van der Waals surface area contributed by atoms with Gasteiger partial charge in [-0.15, -0.1) is 0 Å². The quantitative estimate of drug-likeness (QED) is 0.508. The van der Waals surface area contributed by atoms with Crippen LogP contribution in [0.4, 0.5) is 0 Å². The molecule has 0 aromatic heterocycles. The fraction of sp³-hybridized carbons (Fsp3) is 0.909. The Balaban J connectivity index is 4.52. The highest BCUT2D eigenvalue weighted by Crippen LogP contribution is 2.11. The Kier molecular flexibility index (Phi) is 5.77. The summed E-state index contributed by atoms with van der Waals surface area (Å²) in [7, 11) is 0. The zero-order valence-corrected chi connectivity index (χ0v) is 10.2. The molecule has 0 aliphatic carbocycles. The third kappa shape index (κ3) is 4.09. The summed E-state index contributed by atoms with van der Waals surface area (Å²) < 4.78 is 0. The topological polar surface area (TPSA) is 53.1 Å². The number of nitrogens with two attached hydrogens (primary N) is 1. The molecule has 0 radical (unpaired) electrons. The second kappa shape index (κ2) is 6.02. The van der Waals surface area contributed by atoms with Crippen molar-refractivity contribution in [2.24, 2.45) is 11.7 Å². The molecule has 0 aliphatic rings. The average Bonchev–Trinajstić information content (AvgIpc) is 2.02. The standard InChI is InChI=1S/C11H25N3/c1-6-10(11(12)13)14(9(4)5)7-8(2)3/h8-10H,6-7H2,1-5H3,(H3,12,13). The molecule has 0 amide bonds. The molecule has 3 nitrogen and oxygen atoms in total. The SMILES string of the molecule is CCC(C(=N)N)N(CC(C)C)C(C)C. The molecule has 1 atom stereocenters. The van der Waals surface area contributed by atoms with Crippen LogP contribution >= 0.6 is 0 Å². The molecule has 0 aromatic rings. The first-order valence-corrected chi connectivity index (χ1v) is 5.49. The summed E-state index contributed by atoms with van der Waals surface area (Å²) in [6, 6.07) is 0.559. The van der Waals surface area contributed by atoms with Gasteiger partial charge in [0, 0.05) is 12.6 Å². The summed E-state index contributed by atoms with van der Waals surface area (Å²) in [5.74, 6) is 0.910. The molecular weight excluding hydrogens is 174 g/mol. The van der Waals surface area contributed by atoms with Gasteiger partial charge in [-0.25, -0.2) is 0 Å². The van der Waals surface area contributed by atoms with E-state index >= 15 is 0 Å². The molecule has 14 heavy (non-hydrogen) atoms. The first-order chi connectivity index (χ1) is 6.40. The van der Waals surface area contributed by atoms with E-state index in [1.807, 2.05) is 0 Å². The van der Waals surface area contributed by atoms with E-state index in [9.17, 15) is 0 Å². The Morgan fingerprint density at radius 2 is 1.79 bits per heavy atom. The molecule has 0 fully saturated rings. The van der Waals surface area contributed by atoms with E-state index in [-0.39, 0.29) is 6.04 Å². The van der Waals surface area contributed by atoms with Crippen LogP contribution in [0.2, 0.25) is 0 Å². The molecule has 0 spiro atoms. The Bertz CT molecular complexity index is 175. The normalized spacial score (nSPS) is 14.0. The summed E-state index contributed by atoms with van der Waals surface area (Å²) in [6.45, 7) is 11.8. The molecule has 0 aromatic carbocycles. The van der Waals surface area contributed by atoms with Gasteiger partial charge in [-0.3, -0.25) is 10.3 Å². The van der Waals surface area contributed by atoms with Gasteiger partial charge in [0.25, 0.3) is 0 Å². The van der Waals surface area contributed by atoms with Crippen LogP contribution in [0, 0.1) is 11.3 Å². The predicted molar refractivity (Wildman–Crippen MR) is 62.7 cm³/mol. The highest BCUT2D eigenvalue weighted by atomic mass is 15.2. The van der Waals surface area contributed by atoms with Gasteiger partial charge in [0.1, 0.15) is 5.84 Å². The second-order valence-electron chi connectivity index (χ2n) is 4.56. The summed E-state index contributed by atoms with van der Waals surface area (Å²) in [5.41, 5.74) is 5.60. The molecule has 0 saturated carbocycles. The van der Waals surface area contributed by atoms with E-state index in [2.05, 4.69) is 39.5 Å². The molecule has 0 rings (SSSR count). The van der Waals surface area contributed by atoms with Gasteiger partial charge in [-0.05, 0) is 26.2 Å². The first-order valence-electron chi connectivity index (χ1n) is 5.49. The van der Waals surface area contributed by atoms with E-state index in [0.29, 0.717) is 17.8 Å². The van der Waals surface area contributed by atoms with Crippen molar-refractivity contribution in [3.05, 3.63) is 0 Å². The van der Waals surface area contributed by atoms with Crippen molar-refractivity contribution >= 4 is 5.84 Å². The van der Waals surface area contributed by atoms with Crippen molar-refractivity contribution in [2.75, 3.05) is 6.54 Å². The maximum absolute atomic E-state index is 7.56. The predicted octanol–water partition coefficient (Wildman–Crippen LogP) is 2.07. The van der Waals surface area contributed by atoms with E-state index in [0.717, 1.165) is 13.0 Å². The fourth-order valence-electron chi connectivity index (χ4n) is 1.75. The van der Waals surface area contributed by atoms with Gasteiger partial charge >= 0.3 is 0 Å². The minimum absolute atomic E-state index is 0.109. The van der Waals surface area contributed by atoms with Crippen LogP contribution in [0.25, 0.3) is 0 Å². The van der Waals surface area contributed by atoms with Gasteiger partial charge in [0.2, 0.25) is 0 Å². The molecule has 3 heteroatoms. The smallest absolute Gasteiger partial charge is 0.108 e. The van der Waals surface area contributed by atoms with E-state index in [1.54, 1.807) is 0 Å². The van der Waals surface area contributed by atoms with Crippen molar-refractivity contribution in [2.45, 2.75) is 53.1 Å². The third-order valence-corrected chi connectivity index (χ3v) is 2.39. The van der Waals surface area contributed by atoms with E-state index in [4.69, 9.17) is 11.1 Å². The van der Waals surface area contributed by atoms with Gasteiger partial charge in [0.05, 0.1) is 6.04 Å². The third-order valence-electron chi connectivity index (χ3n) is 2.39. The maximum Gasteiger partial charge on any atom is 0.108 e. The largest absolute Gasteiger partial charge is 0.386 e. The minimum atomic E-state index is 0.109. The Labute approximate surface area is 88.2 Å². The summed E-state index contributed by atoms with van der Waals surface area (Å²) in [4.78, 5) is 2.31. The maximum atomic E-state index is 7.56. The van der Waals surface area contributed by atoms with E-state index < -0.39 is 0 Å². The number of nitrogens with one attached hydrogen (secondary N) is 1. The van der Waals surface area contributed by atoms with Crippen molar-refractivity contribution in [1.82, 2.24) is 4.90 Å². The van der Waals surface area contributed by atoms with Crippen LogP contribution in [-0.2, 0) is 0 Å². The average molecular weight is 199 g/mol. The van der Waals surface area contributed by atoms with Crippen molar-refractivity contribution in [3.63, 3.8) is 0 Å². The zero-order valence-electron chi connectivity index (χ0n) is 10.2. The molecular formula is C11H25N3. The highest BCUT2D eigenvalue weighted by molar-refractivity contribution is 5.82. The van der Waals surface area contributed by atoms with Crippen molar-refractivity contribution in [1.29, 1.82) is 5.41 Å². The number of hydrogen-bond acceptors (Lipinski definition) is 2. The lowest BCUT2D eigenvalue weighted by atomic mass is 10.1. The summed E-state index contributed by atoms with van der Waals surface area (Å²) >= 11 is 0. The lowest BCUT2D eigenvalue weighted by Gasteiger charge is -2.34. The lowest BCUT2D eigenvalue weighted by Crippen LogP contribution is -2.48. The van der Waals surface area contributed by atoms with Crippen LogP contribution in [0.3, 0.4) is 0 Å². The fourth-order valence-corrected chi connectivity index (χ4v) is 1.75. The van der Waals surface area contributed by atoms with Crippen LogP contribution in [-0.4, -0.2) is 29.4 Å². The highest BCUT2D eigenvalue weighted by Gasteiger charge is 2.22. The van der Waals surface area contributed by atoms with Crippen LogP contribution in [0.1, 0.15) is 41.0 Å². The molecule has 84 valence electrons. The van der Waals surface area contributed by atoms with Crippen LogP contribution in [0.5, 0.6) is 0 Å². The number of nitrogens with zero attached hydrogens (tertiary/aromatic N) is 1. The lowest BCUT2D eigenvalue weighted by molar-refractivity contribution is 0.166. The van der Waals surface area contributed by atoms with Crippen LogP contribution in [0.15, 0.2) is 0 Å². The second-order valence-corrected chi connectivity index (χ2v) is 4.56. The number of hydrogen-bond donors (Lipinski definition) is 2. The monoisotopic (exact) mass is 199 g/mol. The minimum Gasteiger partial charge on any atom is -0.386 e. The van der Waals surface area contributed by atoms with Crippen LogP contribution < -0.4 is 5.73 Å². The summed E-state index contributed by atoms with van der Waals surface area (Å²) in [6.07, 6.45) is 0.917. The Morgan fingerprint density at radius 1 is 1.29 bits per heavy atom. The molecule has 0 aliphatic heterocycles. The van der Waals surface area contributed by atoms with Gasteiger partial charge in [-0.2, -0.15) is 0 Å². The van der Waals surface area contributed by atoms with Gasteiger partial charge in [0.15, 0.2) is 0 Å². The number of rotatable bonds is 6. The summed E-state index contributed by atoms with van der Waals surface area (Å²) in [5, 5.41) is 7.56. The first kappa shape index (κ1) is 13.4. The van der Waals surface area contributed by atoms with Crippen molar-refractivity contribution in [3.8, 4) is 0 Å².